The van der Waals surface area contributed by atoms with Crippen LogP contribution in [0.2, 0.25) is 0 Å². The Hall–Kier alpha value is -3.68. The molecule has 1 aliphatic carbocycles. The number of fused-ring (bicyclic) bond motifs is 1. The van der Waals surface area contributed by atoms with E-state index in [0.29, 0.717) is 22.6 Å². The molecule has 2 aliphatic rings. The van der Waals surface area contributed by atoms with E-state index in [2.05, 4.69) is 19.2 Å². The highest BCUT2D eigenvalue weighted by Crippen LogP contribution is 2.50. The molecular weight excluding hydrogens is 609 g/mol. The van der Waals surface area contributed by atoms with Crippen molar-refractivity contribution >= 4 is 26.7 Å². The van der Waals surface area contributed by atoms with E-state index in [1.807, 2.05) is 18.3 Å². The van der Waals surface area contributed by atoms with Crippen LogP contribution in [-0.4, -0.2) is 48.4 Å². The molecule has 0 radical (unpaired) electrons. The summed E-state index contributed by atoms with van der Waals surface area (Å²) in [5.41, 5.74) is 1.83. The Morgan fingerprint density at radius 3 is 2.66 bits per heavy atom. The normalized spacial score (nSPS) is 20.1. The second-order valence-electron chi connectivity index (χ2n) is 11.0. The van der Waals surface area contributed by atoms with Gasteiger partial charge in [-0.05, 0) is 67.3 Å². The van der Waals surface area contributed by atoms with Crippen molar-refractivity contribution in [2.75, 3.05) is 25.1 Å². The molecular formula is C31H33F2N5O4S2. The van der Waals surface area contributed by atoms with E-state index in [1.165, 1.54) is 26.6 Å². The van der Waals surface area contributed by atoms with Crippen molar-refractivity contribution < 1.29 is 26.7 Å². The number of likely N-dealkylation sites (tertiary alicyclic amines) is 1. The zero-order valence-electron chi connectivity index (χ0n) is 24.4. The fourth-order valence-corrected chi connectivity index (χ4v) is 8.47. The third kappa shape index (κ3) is 5.75. The van der Waals surface area contributed by atoms with E-state index < -0.39 is 15.9 Å². The number of rotatable bonds is 9. The van der Waals surface area contributed by atoms with Gasteiger partial charge >= 0.3 is 0 Å². The zero-order valence-corrected chi connectivity index (χ0v) is 26.0. The number of hydrogen-bond donors (Lipinski definition) is 0. The number of benzene rings is 2. The summed E-state index contributed by atoms with van der Waals surface area (Å²) in [4.78, 5) is 10.5. The van der Waals surface area contributed by atoms with Gasteiger partial charge in [0, 0.05) is 59.6 Å². The van der Waals surface area contributed by atoms with Gasteiger partial charge in [-0.1, -0.05) is 18.6 Å². The molecule has 4 aromatic rings. The lowest BCUT2D eigenvalue weighted by Crippen LogP contribution is -2.40. The number of hydrogen-bond acceptors (Lipinski definition) is 9. The molecule has 0 amide bonds. The zero-order chi connectivity index (χ0) is 30.9. The molecule has 1 fully saturated rings. The van der Waals surface area contributed by atoms with Crippen LogP contribution in [0, 0.1) is 0 Å². The van der Waals surface area contributed by atoms with Crippen LogP contribution in [0.1, 0.15) is 66.4 Å². The maximum Gasteiger partial charge on any atom is 0.273 e. The Bertz CT molecular complexity index is 1710. The second kappa shape index (κ2) is 12.4. The van der Waals surface area contributed by atoms with Crippen LogP contribution in [0.4, 0.5) is 13.9 Å². The number of halogens is 2. The van der Waals surface area contributed by atoms with Crippen molar-refractivity contribution in [1.82, 2.24) is 19.2 Å². The molecule has 1 saturated heterocycles. The highest BCUT2D eigenvalue weighted by atomic mass is 32.2. The van der Waals surface area contributed by atoms with Crippen LogP contribution >= 0.6 is 11.5 Å². The number of methoxy groups -OCH3 is 2. The summed E-state index contributed by atoms with van der Waals surface area (Å²) >= 11 is 0.899. The number of ether oxygens (including phenoxy) is 2. The highest BCUT2D eigenvalue weighted by Gasteiger charge is 2.45. The van der Waals surface area contributed by atoms with Crippen LogP contribution in [-0.2, 0) is 22.5 Å². The summed E-state index contributed by atoms with van der Waals surface area (Å²) in [5.74, 6) is -2.22. The molecule has 13 heteroatoms. The molecule has 1 aliphatic heterocycles. The van der Waals surface area contributed by atoms with Gasteiger partial charge in [-0.25, -0.2) is 26.5 Å². The van der Waals surface area contributed by atoms with E-state index in [9.17, 15) is 8.42 Å². The molecule has 6 rings (SSSR count). The van der Waals surface area contributed by atoms with E-state index in [-0.39, 0.29) is 47.1 Å². The molecule has 2 atom stereocenters. The topological polar surface area (TPSA) is 97.8 Å². The maximum atomic E-state index is 15.6. The molecule has 9 nitrogen and oxygen atoms in total. The molecule has 44 heavy (non-hydrogen) atoms. The minimum absolute atomic E-state index is 0.0535. The number of aromatic nitrogens is 3. The van der Waals surface area contributed by atoms with Gasteiger partial charge in [-0.3, -0.25) is 9.88 Å². The number of anilines is 1. The van der Waals surface area contributed by atoms with E-state index in [4.69, 9.17) is 9.47 Å². The molecule has 0 N–H and O–H groups in total. The first-order valence-electron chi connectivity index (χ1n) is 14.4. The Morgan fingerprint density at radius 1 is 1.07 bits per heavy atom. The standard InChI is InChI=1S/C31H33F2N5O4S2/c1-41-23-9-8-22(29(16-23)42-2)19-38(30-35-20-36-43-30)44(39,40)24-10-11-25-26(17-24)31(32,33)13-12-28(25)37-15-4-3-7-27(37)21-6-5-14-34-18-21/h5-6,8-11,14,16-18,20,27-28H,3-4,7,12-13,15,19H2,1-2H3/t27-,28?/m0/s1. The van der Waals surface area contributed by atoms with E-state index in [1.54, 1.807) is 30.5 Å². The SMILES string of the molecule is COc1ccc(CN(c2ncns2)S(=O)(=O)c2ccc3c(c2)C(F)(F)CCC3N2CCCC[C@H]2c2cccnc2)c(OC)c1. The number of piperidine rings is 1. The molecule has 0 spiro atoms. The average molecular weight is 642 g/mol. The predicted octanol–water partition coefficient (Wildman–Crippen LogP) is 6.50. The van der Waals surface area contributed by atoms with Gasteiger partial charge in [-0.15, -0.1) is 0 Å². The summed E-state index contributed by atoms with van der Waals surface area (Å²) in [5, 5.41) is 0.109. The lowest BCUT2D eigenvalue weighted by atomic mass is 9.82. The largest absolute Gasteiger partial charge is 0.497 e. The second-order valence-corrected chi connectivity index (χ2v) is 13.6. The van der Waals surface area contributed by atoms with Crippen molar-refractivity contribution in [2.24, 2.45) is 0 Å². The maximum absolute atomic E-state index is 15.6. The molecule has 0 saturated carbocycles. The lowest BCUT2D eigenvalue weighted by Gasteiger charge is -2.45. The monoisotopic (exact) mass is 641 g/mol. The van der Waals surface area contributed by atoms with Crippen molar-refractivity contribution in [3.63, 3.8) is 0 Å². The molecule has 1 unspecified atom stereocenters. The van der Waals surface area contributed by atoms with Crippen LogP contribution in [0.5, 0.6) is 11.5 Å². The first-order chi connectivity index (χ1) is 21.2. The smallest absolute Gasteiger partial charge is 0.273 e. The Kier molecular flexibility index (Phi) is 8.53. The van der Waals surface area contributed by atoms with Crippen LogP contribution in [0.15, 0.2) is 72.1 Å². The molecule has 0 bridgehead atoms. The molecule has 232 valence electrons. The van der Waals surface area contributed by atoms with Gasteiger partial charge < -0.3 is 9.47 Å². The van der Waals surface area contributed by atoms with Gasteiger partial charge in [0.15, 0.2) is 0 Å². The first-order valence-corrected chi connectivity index (χ1v) is 16.6. The fourth-order valence-electron chi connectivity index (χ4n) is 6.31. The van der Waals surface area contributed by atoms with E-state index >= 15 is 8.78 Å². The summed E-state index contributed by atoms with van der Waals surface area (Å²) in [7, 11) is -1.34. The summed E-state index contributed by atoms with van der Waals surface area (Å²) in [6.07, 6.45) is 7.66. The molecule has 2 aromatic heterocycles. The van der Waals surface area contributed by atoms with Crippen molar-refractivity contribution in [2.45, 2.75) is 61.6 Å². The van der Waals surface area contributed by atoms with Crippen LogP contribution < -0.4 is 13.8 Å². The quantitative estimate of drug-likeness (QED) is 0.204. The highest BCUT2D eigenvalue weighted by molar-refractivity contribution is 7.93. The number of nitrogens with zero attached hydrogens (tertiary/aromatic N) is 5. The number of sulfonamides is 1. The van der Waals surface area contributed by atoms with Gasteiger partial charge in [-0.2, -0.15) is 4.37 Å². The Morgan fingerprint density at radius 2 is 1.93 bits per heavy atom. The Labute approximate surface area is 259 Å². The predicted molar refractivity (Wildman–Crippen MR) is 163 cm³/mol. The number of alkyl halides is 2. The summed E-state index contributed by atoms with van der Waals surface area (Å²) in [6, 6.07) is 12.9. The fraction of sp³-hybridized carbons (Fsp3) is 0.387. The summed E-state index contributed by atoms with van der Waals surface area (Å²) < 4.78 is 75.5. The van der Waals surface area contributed by atoms with Crippen molar-refractivity contribution in [3.05, 3.63) is 89.5 Å². The summed E-state index contributed by atoms with van der Waals surface area (Å²) in [6.45, 7) is 0.616. The van der Waals surface area contributed by atoms with E-state index in [0.717, 1.165) is 53.3 Å². The van der Waals surface area contributed by atoms with Gasteiger partial charge in [0.2, 0.25) is 5.13 Å². The minimum Gasteiger partial charge on any atom is -0.497 e. The molecule has 3 heterocycles. The van der Waals surface area contributed by atoms with Crippen LogP contribution in [0.25, 0.3) is 0 Å². The first kappa shape index (κ1) is 30.4. The van der Waals surface area contributed by atoms with Crippen LogP contribution in [0.3, 0.4) is 0 Å². The molecule has 2 aromatic carbocycles. The van der Waals surface area contributed by atoms with Gasteiger partial charge in [0.05, 0.1) is 25.7 Å². The average Bonchev–Trinajstić information content (AvgIpc) is 3.58. The van der Waals surface area contributed by atoms with Gasteiger partial charge in [0.1, 0.15) is 17.8 Å². The third-order valence-electron chi connectivity index (χ3n) is 8.48. The third-order valence-corrected chi connectivity index (χ3v) is 11.0. The van der Waals surface area contributed by atoms with Gasteiger partial charge in [0.25, 0.3) is 15.9 Å². The van der Waals surface area contributed by atoms with Crippen molar-refractivity contribution in [3.8, 4) is 11.5 Å². The lowest BCUT2D eigenvalue weighted by molar-refractivity contribution is -0.0422. The number of pyridine rings is 1. The minimum atomic E-state index is -4.34. The van der Waals surface area contributed by atoms with Crippen molar-refractivity contribution in [1.29, 1.82) is 0 Å². The Balaban J connectivity index is 1.39.